The van der Waals surface area contributed by atoms with Crippen molar-refractivity contribution in [2.45, 2.75) is 36.9 Å². The minimum atomic E-state index is -5.08. The van der Waals surface area contributed by atoms with Gasteiger partial charge in [0.15, 0.2) is 0 Å². The second-order valence-corrected chi connectivity index (χ2v) is 9.18. The maximum atomic E-state index is 12.6. The molecule has 0 amide bonds. The van der Waals surface area contributed by atoms with Gasteiger partial charge in [-0.1, -0.05) is 30.3 Å². The van der Waals surface area contributed by atoms with Gasteiger partial charge in [-0.15, -0.1) is 0 Å². The third kappa shape index (κ3) is 11.9. The maximum absolute atomic E-state index is 12.6. The molecule has 12 nitrogen and oxygen atoms in total. The Hall–Kier alpha value is -3.89. The Bertz CT molecular complexity index is 1190. The Morgan fingerprint density at radius 1 is 1.08 bits per heavy atom. The molecule has 38 heavy (non-hydrogen) atoms. The molecule has 0 saturated heterocycles. The lowest BCUT2D eigenvalue weighted by atomic mass is 10.1. The monoisotopic (exact) mass is 564 g/mol. The molecule has 0 radical (unpaired) electrons. The summed E-state index contributed by atoms with van der Waals surface area (Å²) in [5.74, 6) is -3.72. The average Bonchev–Trinajstić information content (AvgIpc) is 2.81. The number of nitrogens with one attached hydrogen (secondary N) is 3. The number of alkyl halides is 3. The van der Waals surface area contributed by atoms with Crippen LogP contribution in [0.4, 0.5) is 13.2 Å². The molecule has 210 valence electrons. The van der Waals surface area contributed by atoms with Gasteiger partial charge in [-0.05, 0) is 42.7 Å². The van der Waals surface area contributed by atoms with E-state index >= 15 is 0 Å². The fourth-order valence-electron chi connectivity index (χ4n) is 2.70. The minimum Gasteiger partial charge on any atom is -0.494 e. The molecule has 16 heteroatoms. The minimum absolute atomic E-state index is 0.0225. The number of ether oxygens (including phenoxy) is 1. The highest BCUT2D eigenvalue weighted by atomic mass is 32.2. The molecule has 0 spiro atoms. The smallest absolute Gasteiger partial charge is 0.490 e. The number of carboxylic acid groups (broad SMARTS) is 2. The summed E-state index contributed by atoms with van der Waals surface area (Å²) in [5, 5.41) is 23.6. The first kappa shape index (κ1) is 32.1. The zero-order chi connectivity index (χ0) is 28.9. The largest absolute Gasteiger partial charge is 0.494 e. The first-order chi connectivity index (χ1) is 17.6. The zero-order valence-corrected chi connectivity index (χ0v) is 20.8. The summed E-state index contributed by atoms with van der Waals surface area (Å²) in [7, 11) is -3.98. The van der Waals surface area contributed by atoms with Gasteiger partial charge in [0.25, 0.3) is 0 Å². The highest BCUT2D eigenvalue weighted by Crippen LogP contribution is 2.17. The topological polar surface area (TPSA) is 201 Å². The van der Waals surface area contributed by atoms with Crippen LogP contribution in [-0.4, -0.2) is 62.0 Å². The van der Waals surface area contributed by atoms with E-state index in [0.717, 1.165) is 0 Å². The number of aliphatic carboxylic acids is 2. The van der Waals surface area contributed by atoms with Crippen molar-refractivity contribution in [1.29, 1.82) is 5.41 Å². The van der Waals surface area contributed by atoms with E-state index < -0.39 is 34.2 Å². The fraction of sp³-hybridized carbons (Fsp3) is 0.318. The van der Waals surface area contributed by atoms with Crippen molar-refractivity contribution >= 4 is 27.9 Å². The van der Waals surface area contributed by atoms with Gasteiger partial charge in [0.2, 0.25) is 16.0 Å². The third-order valence-electron chi connectivity index (χ3n) is 4.43. The Labute approximate surface area is 216 Å². The molecule has 2 aromatic carbocycles. The highest BCUT2D eigenvalue weighted by molar-refractivity contribution is 7.89. The normalized spacial score (nSPS) is 12.0. The molecule has 7 N–H and O–H groups in total. The molecule has 0 aromatic heterocycles. The average molecular weight is 565 g/mol. The number of sulfonamides is 1. The molecular weight excluding hydrogens is 537 g/mol. The van der Waals surface area contributed by atoms with Crippen LogP contribution in [0.3, 0.4) is 0 Å². The lowest BCUT2D eigenvalue weighted by molar-refractivity contribution is -0.192. The van der Waals surface area contributed by atoms with Crippen molar-refractivity contribution < 1.29 is 51.0 Å². The van der Waals surface area contributed by atoms with Crippen LogP contribution in [0, 0.1) is 12.3 Å². The number of rotatable bonds is 12. The first-order valence-electron chi connectivity index (χ1n) is 10.7. The molecule has 2 rings (SSSR count). The summed E-state index contributed by atoms with van der Waals surface area (Å²) >= 11 is 0. The van der Waals surface area contributed by atoms with E-state index in [4.69, 9.17) is 30.6 Å². The molecule has 0 bridgehead atoms. The van der Waals surface area contributed by atoms with E-state index in [2.05, 4.69) is 10.2 Å². The molecule has 0 heterocycles. The number of hydrogen-bond donors (Lipinski definition) is 6. The number of guanidine groups is 1. The highest BCUT2D eigenvalue weighted by Gasteiger charge is 2.38. The van der Waals surface area contributed by atoms with E-state index in [1.165, 1.54) is 6.07 Å². The second-order valence-electron chi connectivity index (χ2n) is 7.49. The molecule has 0 saturated carbocycles. The number of benzene rings is 2. The van der Waals surface area contributed by atoms with E-state index in [9.17, 15) is 31.5 Å². The summed E-state index contributed by atoms with van der Waals surface area (Å²) in [6, 6.07) is 11.8. The van der Waals surface area contributed by atoms with Crippen LogP contribution in [0.2, 0.25) is 0 Å². The van der Waals surface area contributed by atoms with Crippen molar-refractivity contribution in [1.82, 2.24) is 10.2 Å². The van der Waals surface area contributed by atoms with E-state index in [1.54, 1.807) is 49.4 Å². The van der Waals surface area contributed by atoms with Crippen molar-refractivity contribution in [3.63, 3.8) is 0 Å². The summed E-state index contributed by atoms with van der Waals surface area (Å²) in [6.45, 7) is 2.32. The van der Waals surface area contributed by atoms with Crippen LogP contribution in [0.1, 0.15) is 17.5 Å². The molecule has 2 aromatic rings. The Morgan fingerprint density at radius 2 is 1.66 bits per heavy atom. The van der Waals surface area contributed by atoms with Crippen molar-refractivity contribution in [3.8, 4) is 5.75 Å². The lowest BCUT2D eigenvalue weighted by Crippen LogP contribution is -2.42. The van der Waals surface area contributed by atoms with Gasteiger partial charge < -0.3 is 20.7 Å². The van der Waals surface area contributed by atoms with E-state index in [0.29, 0.717) is 36.5 Å². The number of hydrogen-bond acceptors (Lipinski definition) is 7. The third-order valence-corrected chi connectivity index (χ3v) is 6.06. The molecule has 0 fully saturated rings. The summed E-state index contributed by atoms with van der Waals surface area (Å²) < 4.78 is 64.8. The Balaban J connectivity index is 0.000000905. The van der Waals surface area contributed by atoms with Crippen LogP contribution in [0.15, 0.2) is 53.4 Å². The zero-order valence-electron chi connectivity index (χ0n) is 20.0. The molecule has 0 unspecified atom stereocenters. The SMILES string of the molecule is Cc1ccccc1S(=O)(=O)N[C@@H](Cc1ccc(OCCCONC(=N)N)cc1)C(=O)O.O=C(O)C(F)(F)F. The van der Waals surface area contributed by atoms with Crippen molar-refractivity contribution in [2.24, 2.45) is 5.73 Å². The summed E-state index contributed by atoms with van der Waals surface area (Å²) in [4.78, 5) is 25.5. The van der Waals surface area contributed by atoms with Crippen LogP contribution in [-0.2, 0) is 30.9 Å². The van der Waals surface area contributed by atoms with Gasteiger partial charge in [0, 0.05) is 6.42 Å². The Kier molecular flexibility index (Phi) is 12.5. The van der Waals surface area contributed by atoms with Crippen molar-refractivity contribution in [3.05, 3.63) is 59.7 Å². The quantitative estimate of drug-likeness (QED) is 0.0955. The van der Waals surface area contributed by atoms with Crippen LogP contribution < -0.4 is 20.7 Å². The molecule has 0 aliphatic rings. The van der Waals surface area contributed by atoms with Gasteiger partial charge in [-0.3, -0.25) is 15.0 Å². The number of aryl methyl sites for hydroxylation is 1. The van der Waals surface area contributed by atoms with Gasteiger partial charge in [0.05, 0.1) is 18.1 Å². The first-order valence-corrected chi connectivity index (χ1v) is 12.2. The second kappa shape index (κ2) is 14.7. The summed E-state index contributed by atoms with van der Waals surface area (Å²) in [5.41, 5.74) is 8.46. The number of carbonyl (C=O) groups is 2. The van der Waals surface area contributed by atoms with Crippen molar-refractivity contribution in [2.75, 3.05) is 13.2 Å². The van der Waals surface area contributed by atoms with Crippen LogP contribution in [0.25, 0.3) is 0 Å². The maximum Gasteiger partial charge on any atom is 0.490 e. The predicted molar refractivity (Wildman–Crippen MR) is 128 cm³/mol. The molecular formula is C22H27F3N4O8S. The number of halogens is 3. The van der Waals surface area contributed by atoms with E-state index in [1.807, 2.05) is 0 Å². The van der Waals surface area contributed by atoms with Gasteiger partial charge in [-0.25, -0.2) is 18.7 Å². The Morgan fingerprint density at radius 3 is 2.16 bits per heavy atom. The molecule has 1 atom stereocenters. The predicted octanol–water partition coefficient (Wildman–Crippen LogP) is 1.79. The fourth-order valence-corrected chi connectivity index (χ4v) is 4.13. The van der Waals surface area contributed by atoms with Gasteiger partial charge in [0.1, 0.15) is 11.8 Å². The number of nitrogens with two attached hydrogens (primary N) is 1. The van der Waals surface area contributed by atoms with Gasteiger partial charge in [-0.2, -0.15) is 17.9 Å². The van der Waals surface area contributed by atoms with Crippen LogP contribution >= 0.6 is 0 Å². The van der Waals surface area contributed by atoms with Gasteiger partial charge >= 0.3 is 18.1 Å². The molecule has 0 aliphatic heterocycles. The molecule has 0 aliphatic carbocycles. The number of hydroxylamine groups is 1. The number of carboxylic acids is 2. The van der Waals surface area contributed by atoms with E-state index in [-0.39, 0.29) is 17.3 Å². The standard InChI is InChI=1S/C20H26N4O6S.C2HF3O2/c1-14-5-2-3-6-18(14)31(27,28)24-17(19(25)26)13-15-7-9-16(10-8-15)29-11-4-12-30-23-20(21)22;3-2(4,5)1(6)7/h2-3,5-10,17,24H,4,11-13H2,1H3,(H,25,26)(H4,21,22,23);(H,6,7)/t17-;/m0./s1. The van der Waals surface area contributed by atoms with Crippen LogP contribution in [0.5, 0.6) is 5.75 Å². The lowest BCUT2D eigenvalue weighted by Gasteiger charge is -2.16. The summed E-state index contributed by atoms with van der Waals surface area (Å²) in [6.07, 6.45) is -4.55.